The Morgan fingerprint density at radius 2 is 1.47 bits per heavy atom. The fraction of sp³-hybridized carbons (Fsp3) is 0.556. The highest BCUT2D eigenvalue weighted by molar-refractivity contribution is 8.20. The van der Waals surface area contributed by atoms with E-state index in [0.717, 1.165) is 0 Å². The molecule has 0 radical (unpaired) electrons. The van der Waals surface area contributed by atoms with Gasteiger partial charge in [0.25, 0.3) is 6.21 Å². The number of hydrogen-bond acceptors (Lipinski definition) is 0. The van der Waals surface area contributed by atoms with Crippen LogP contribution in [0.4, 0.5) is 0 Å². The molecule has 1 atom stereocenters. The van der Waals surface area contributed by atoms with Crippen molar-refractivity contribution in [3.05, 3.63) is 24.3 Å². The molecule has 0 aromatic heterocycles. The lowest BCUT2D eigenvalue weighted by molar-refractivity contribution is 0.483. The van der Waals surface area contributed by atoms with Gasteiger partial charge >= 0.3 is 11.2 Å². The normalized spacial score (nSPS) is 25.2. The smallest absolute Gasteiger partial charge is 0.146 e. The summed E-state index contributed by atoms with van der Waals surface area (Å²) in [6, 6.07) is 0. The molecule has 0 spiro atoms. The van der Waals surface area contributed by atoms with Crippen molar-refractivity contribution >= 4 is 95.0 Å². The second kappa shape index (κ2) is 6.34. The molecule has 1 aliphatic carbocycles. The van der Waals surface area contributed by atoms with E-state index in [1.54, 1.807) is 0 Å². The van der Waals surface area contributed by atoms with Crippen molar-refractivity contribution in [1.29, 1.82) is 0 Å². The third kappa shape index (κ3) is 3.26. The van der Waals surface area contributed by atoms with Gasteiger partial charge in [-0.2, -0.15) is 0 Å². The third-order valence-corrected chi connectivity index (χ3v) is 60.6. The highest BCUT2D eigenvalue weighted by Crippen LogP contribution is 2.62. The van der Waals surface area contributed by atoms with Crippen LogP contribution in [0.5, 0.6) is 0 Å². The maximum Gasteiger partial charge on any atom is 0.358 e. The lowest BCUT2D eigenvalue weighted by Crippen LogP contribution is -2.66. The van der Waals surface area contributed by atoms with E-state index >= 15 is 0 Å². The van der Waals surface area contributed by atoms with Gasteiger partial charge in [-0.1, -0.05) is 38.2 Å². The van der Waals surface area contributed by atoms with E-state index in [9.17, 15) is 0 Å². The van der Waals surface area contributed by atoms with Crippen molar-refractivity contribution in [2.24, 2.45) is 5.92 Å². The first-order valence-electron chi connectivity index (χ1n) is 5.57. The average molecular weight is 454 g/mol. The molecule has 1 unspecified atom stereocenters. The Balaban J connectivity index is 3.38. The van der Waals surface area contributed by atoms with Crippen LogP contribution in [0.15, 0.2) is 24.3 Å². The third-order valence-electron chi connectivity index (χ3n) is 3.46. The lowest BCUT2D eigenvalue weighted by atomic mass is 9.88. The number of hydrogen-bond donors (Lipinski definition) is 0. The van der Waals surface area contributed by atoms with Crippen molar-refractivity contribution in [3.63, 3.8) is 0 Å². The Morgan fingerprint density at radius 1 is 0.947 bits per heavy atom. The zero-order chi connectivity index (χ0) is 15.1. The van der Waals surface area contributed by atoms with Crippen LogP contribution in [0.2, 0.25) is 5.04 Å². The molecule has 0 nitrogen and oxygen atoms in total. The van der Waals surface area contributed by atoms with E-state index < -0.39 is 22.5 Å². The van der Waals surface area contributed by atoms with Crippen molar-refractivity contribution in [1.82, 2.24) is 0 Å². The summed E-state index contributed by atoms with van der Waals surface area (Å²) in [5, 5.41) is -0.502. The minimum Gasteiger partial charge on any atom is -0.146 e. The molecule has 1 rings (SSSR count). The molecule has 19 heavy (non-hydrogen) atoms. The largest absolute Gasteiger partial charge is 0.358 e. The van der Waals surface area contributed by atoms with Crippen molar-refractivity contribution in [3.8, 4) is 0 Å². The summed E-state index contributed by atoms with van der Waals surface area (Å²) in [6.45, 7) is 4.07. The van der Waals surface area contributed by atoms with Gasteiger partial charge < -0.3 is 0 Å². The Labute approximate surface area is 149 Å². The zero-order valence-corrected chi connectivity index (χ0v) is 18.5. The van der Waals surface area contributed by atoms with Gasteiger partial charge in [-0.15, -0.1) is 77.6 Å². The molecule has 110 valence electrons. The molecule has 0 heterocycles. The maximum atomic E-state index is 6.74. The molecule has 10 heteroatoms. The highest BCUT2D eigenvalue weighted by atomic mass is 35.9. The summed E-state index contributed by atoms with van der Waals surface area (Å²) in [5.41, 5.74) is -6.76. The Hall–Kier alpha value is 2.16. The van der Waals surface area contributed by atoms with Gasteiger partial charge in [0.1, 0.15) is 0 Å². The summed E-state index contributed by atoms with van der Waals surface area (Å²) in [6.07, 6.45) is 5.28. The zero-order valence-electron chi connectivity index (χ0n) is 10.2. The van der Waals surface area contributed by atoms with Crippen LogP contribution >= 0.6 is 77.6 Å². The fourth-order valence-corrected chi connectivity index (χ4v) is 46.3. The van der Waals surface area contributed by atoms with E-state index in [1.807, 2.05) is 38.2 Å². The summed E-state index contributed by atoms with van der Waals surface area (Å²) in [7, 11) is 0. The van der Waals surface area contributed by atoms with E-state index in [4.69, 9.17) is 77.6 Å². The lowest BCUT2D eigenvalue weighted by Gasteiger charge is -2.48. The van der Waals surface area contributed by atoms with Gasteiger partial charge in [0.2, 0.25) is 0 Å². The minimum atomic E-state index is -3.39. The topological polar surface area (TPSA) is 0 Å². The molecule has 1 aliphatic rings. The van der Waals surface area contributed by atoms with Gasteiger partial charge in [0.05, 0.1) is 0 Å². The molecule has 0 aliphatic heterocycles. The van der Waals surface area contributed by atoms with Crippen LogP contribution in [0.3, 0.4) is 0 Å². The number of allylic oxidation sites excluding steroid dienone is 4. The maximum absolute atomic E-state index is 6.74. The summed E-state index contributed by atoms with van der Waals surface area (Å²) >= 11 is 44.7. The van der Waals surface area contributed by atoms with Crippen molar-refractivity contribution in [2.75, 3.05) is 0 Å². The summed E-state index contributed by atoms with van der Waals surface area (Å²) in [5.74, 6) is 0.154. The predicted molar refractivity (Wildman–Crippen MR) is 98.7 cm³/mol. The standard InChI is InChI=1S/C9H13Cl7Si3/c1-8(2)9(6-4-3-5-7-9)17(10,11)19(15,16)18(12,13)14/h3-6,8H,7H2,1-2H3. The minimum absolute atomic E-state index is 0.154. The number of rotatable bonds is 4. The first kappa shape index (κ1) is 19.2. The molecule has 0 amide bonds. The Morgan fingerprint density at radius 3 is 1.79 bits per heavy atom. The van der Waals surface area contributed by atoms with Gasteiger partial charge in [-0.25, -0.2) is 0 Å². The average Bonchev–Trinajstić information content (AvgIpc) is 2.27. The van der Waals surface area contributed by atoms with Crippen molar-refractivity contribution in [2.45, 2.75) is 25.3 Å². The van der Waals surface area contributed by atoms with E-state index in [-0.39, 0.29) is 5.92 Å². The summed E-state index contributed by atoms with van der Waals surface area (Å²) in [4.78, 5) is 0. The van der Waals surface area contributed by atoms with E-state index in [0.29, 0.717) is 6.42 Å². The monoisotopic (exact) mass is 450 g/mol. The van der Waals surface area contributed by atoms with Gasteiger partial charge in [0, 0.05) is 5.04 Å². The fourth-order valence-electron chi connectivity index (χ4n) is 2.13. The van der Waals surface area contributed by atoms with Gasteiger partial charge in [0.15, 0.2) is 0 Å². The Bertz CT molecular complexity index is 399. The van der Waals surface area contributed by atoms with Crippen LogP contribution in [-0.2, 0) is 0 Å². The Kier molecular flexibility index (Phi) is 6.41. The first-order chi connectivity index (χ1) is 8.40. The molecule has 0 bridgehead atoms. The quantitative estimate of drug-likeness (QED) is 0.334. The van der Waals surface area contributed by atoms with Gasteiger partial charge in [-0.05, 0) is 12.3 Å². The van der Waals surface area contributed by atoms with Crippen LogP contribution < -0.4 is 0 Å². The molecular formula is C9H13Cl7Si3. The van der Waals surface area contributed by atoms with Gasteiger partial charge in [-0.3, -0.25) is 0 Å². The van der Waals surface area contributed by atoms with Crippen LogP contribution in [0, 0.1) is 5.92 Å². The van der Waals surface area contributed by atoms with E-state index in [1.165, 1.54) is 0 Å². The summed E-state index contributed by atoms with van der Waals surface area (Å²) < 4.78 is 0. The molecule has 0 aromatic carbocycles. The van der Waals surface area contributed by atoms with Crippen LogP contribution in [0.25, 0.3) is 0 Å². The second-order valence-electron chi connectivity index (χ2n) is 4.83. The van der Waals surface area contributed by atoms with Crippen LogP contribution in [-0.4, -0.2) is 17.5 Å². The first-order valence-corrected chi connectivity index (χ1v) is 20.6. The van der Waals surface area contributed by atoms with E-state index in [2.05, 4.69) is 0 Å². The van der Waals surface area contributed by atoms with Crippen LogP contribution in [0.1, 0.15) is 20.3 Å². The highest BCUT2D eigenvalue weighted by Gasteiger charge is 2.74. The molecule has 0 fully saturated rings. The SMILES string of the molecule is CC(C)C1([Si](Cl)(Cl)[Si](Cl)(Cl)[Si](Cl)(Cl)Cl)C=CC=CC1. The molecule has 0 saturated carbocycles. The molecule has 0 aromatic rings. The van der Waals surface area contributed by atoms with Crippen molar-refractivity contribution < 1.29 is 0 Å². The number of halogens is 7. The predicted octanol–water partition coefficient (Wildman–Crippen LogP) is 6.55. The molecule has 0 saturated heterocycles. The second-order valence-corrected chi connectivity index (χ2v) is 42.9. The molecule has 0 N–H and O–H groups in total. The molecular weight excluding hydrogens is 441 g/mol.